The number of hydrogen-bond acceptors (Lipinski definition) is 2. The largest absolute Gasteiger partial charge is 0.416 e. The zero-order chi connectivity index (χ0) is 18.6. The van der Waals surface area contributed by atoms with Crippen LogP contribution in [0.5, 0.6) is 0 Å². The Morgan fingerprint density at radius 3 is 2.42 bits per heavy atom. The third-order valence-corrected chi connectivity index (χ3v) is 5.75. The number of thioether (sulfide) groups is 1. The molecule has 1 atom stereocenters. The van der Waals surface area contributed by atoms with Gasteiger partial charge in [0, 0.05) is 23.7 Å². The molecule has 1 saturated heterocycles. The summed E-state index contributed by atoms with van der Waals surface area (Å²) in [5, 5.41) is 0. The van der Waals surface area contributed by atoms with Crippen LogP contribution in [0, 0.1) is 5.92 Å². The predicted octanol–water partition coefficient (Wildman–Crippen LogP) is 4.89. The average molecular weight is 379 g/mol. The normalized spacial score (nSPS) is 17.5. The van der Waals surface area contributed by atoms with Crippen LogP contribution in [-0.4, -0.2) is 29.6 Å². The number of rotatable bonds is 5. The molecule has 2 aromatic rings. The van der Waals surface area contributed by atoms with E-state index >= 15 is 0 Å². The van der Waals surface area contributed by atoms with Crippen molar-refractivity contribution in [1.29, 1.82) is 0 Å². The maximum Gasteiger partial charge on any atom is 0.416 e. The number of carbonyl (C=O) groups excluding carboxylic acids is 1. The molecular weight excluding hydrogens is 359 g/mol. The summed E-state index contributed by atoms with van der Waals surface area (Å²) >= 11 is 1.79. The highest BCUT2D eigenvalue weighted by Crippen LogP contribution is 2.29. The van der Waals surface area contributed by atoms with Crippen LogP contribution in [0.2, 0.25) is 0 Å². The third-order valence-electron chi connectivity index (χ3n) is 4.50. The Morgan fingerprint density at radius 2 is 1.77 bits per heavy atom. The molecule has 0 N–H and O–H groups in total. The molecule has 1 unspecified atom stereocenters. The lowest BCUT2D eigenvalue weighted by Gasteiger charge is -2.17. The molecule has 0 aromatic heterocycles. The minimum absolute atomic E-state index is 0.0167. The minimum Gasteiger partial charge on any atom is -0.342 e. The number of halogens is 3. The van der Waals surface area contributed by atoms with Gasteiger partial charge in [-0.2, -0.15) is 13.2 Å². The molecule has 3 rings (SSSR count). The van der Waals surface area contributed by atoms with Crippen LogP contribution < -0.4 is 0 Å². The SMILES string of the molecule is O=C(Cc1ccc(C(F)(F)F)cc1)N1CCC(CSc2ccccc2)C1. The van der Waals surface area contributed by atoms with E-state index < -0.39 is 11.7 Å². The Labute approximate surface area is 155 Å². The van der Waals surface area contributed by atoms with Gasteiger partial charge in [-0.1, -0.05) is 30.3 Å². The van der Waals surface area contributed by atoms with Crippen molar-refractivity contribution in [3.05, 3.63) is 65.7 Å². The van der Waals surface area contributed by atoms with Crippen molar-refractivity contribution in [2.75, 3.05) is 18.8 Å². The second-order valence-electron chi connectivity index (χ2n) is 6.49. The lowest BCUT2D eigenvalue weighted by atomic mass is 10.1. The van der Waals surface area contributed by atoms with Crippen molar-refractivity contribution < 1.29 is 18.0 Å². The first kappa shape index (κ1) is 18.8. The van der Waals surface area contributed by atoms with Crippen molar-refractivity contribution in [3.63, 3.8) is 0 Å². The summed E-state index contributed by atoms with van der Waals surface area (Å²) in [7, 11) is 0. The predicted molar refractivity (Wildman–Crippen MR) is 97.0 cm³/mol. The Bertz CT molecular complexity index is 731. The topological polar surface area (TPSA) is 20.3 Å². The summed E-state index contributed by atoms with van der Waals surface area (Å²) in [6, 6.07) is 15.0. The molecule has 26 heavy (non-hydrogen) atoms. The molecule has 1 aliphatic heterocycles. The lowest BCUT2D eigenvalue weighted by molar-refractivity contribution is -0.137. The van der Waals surface area contributed by atoms with Gasteiger partial charge < -0.3 is 4.90 Å². The molecule has 1 heterocycles. The zero-order valence-corrected chi connectivity index (χ0v) is 15.0. The van der Waals surface area contributed by atoms with E-state index in [0.29, 0.717) is 11.5 Å². The second kappa shape index (κ2) is 8.16. The van der Waals surface area contributed by atoms with Gasteiger partial charge in [-0.05, 0) is 42.2 Å². The second-order valence-corrected chi connectivity index (χ2v) is 7.58. The fourth-order valence-electron chi connectivity index (χ4n) is 3.02. The van der Waals surface area contributed by atoms with E-state index in [1.807, 2.05) is 23.1 Å². The molecular formula is C20H20F3NOS. The van der Waals surface area contributed by atoms with Crippen LogP contribution in [0.1, 0.15) is 17.5 Å². The highest BCUT2D eigenvalue weighted by molar-refractivity contribution is 7.99. The van der Waals surface area contributed by atoms with Crippen LogP contribution in [0.15, 0.2) is 59.5 Å². The first-order valence-corrected chi connectivity index (χ1v) is 9.52. The molecule has 2 nitrogen and oxygen atoms in total. The molecule has 1 fully saturated rings. The number of hydrogen-bond donors (Lipinski definition) is 0. The average Bonchev–Trinajstić information content (AvgIpc) is 3.10. The first-order chi connectivity index (χ1) is 12.4. The number of amides is 1. The van der Waals surface area contributed by atoms with Crippen molar-refractivity contribution in [2.24, 2.45) is 5.92 Å². The van der Waals surface area contributed by atoms with E-state index in [0.717, 1.165) is 37.4 Å². The molecule has 6 heteroatoms. The van der Waals surface area contributed by atoms with Gasteiger partial charge in [0.2, 0.25) is 5.91 Å². The molecule has 0 radical (unpaired) electrons. The molecule has 0 saturated carbocycles. The van der Waals surface area contributed by atoms with E-state index in [2.05, 4.69) is 12.1 Å². The van der Waals surface area contributed by atoms with E-state index in [1.165, 1.54) is 17.0 Å². The third kappa shape index (κ3) is 5.04. The Kier molecular flexibility index (Phi) is 5.91. The van der Waals surface area contributed by atoms with Crippen LogP contribution in [0.25, 0.3) is 0 Å². The molecule has 1 amide bonds. The van der Waals surface area contributed by atoms with Gasteiger partial charge in [0.05, 0.1) is 12.0 Å². The van der Waals surface area contributed by atoms with Crippen LogP contribution in [0.3, 0.4) is 0 Å². The molecule has 0 bridgehead atoms. The first-order valence-electron chi connectivity index (χ1n) is 8.53. The number of carbonyl (C=O) groups is 1. The van der Waals surface area contributed by atoms with Gasteiger partial charge in [0.25, 0.3) is 0 Å². The summed E-state index contributed by atoms with van der Waals surface area (Å²) < 4.78 is 37.8. The smallest absolute Gasteiger partial charge is 0.342 e. The highest BCUT2D eigenvalue weighted by Gasteiger charge is 2.30. The highest BCUT2D eigenvalue weighted by atomic mass is 32.2. The van der Waals surface area contributed by atoms with E-state index in [9.17, 15) is 18.0 Å². The minimum atomic E-state index is -4.35. The van der Waals surface area contributed by atoms with Crippen LogP contribution in [-0.2, 0) is 17.4 Å². The van der Waals surface area contributed by atoms with Crippen molar-refractivity contribution in [3.8, 4) is 0 Å². The lowest BCUT2D eigenvalue weighted by Crippen LogP contribution is -2.30. The number of nitrogens with zero attached hydrogens (tertiary/aromatic N) is 1. The summed E-state index contributed by atoms with van der Waals surface area (Å²) in [4.78, 5) is 15.5. The van der Waals surface area contributed by atoms with Crippen LogP contribution in [0.4, 0.5) is 13.2 Å². The zero-order valence-electron chi connectivity index (χ0n) is 14.2. The number of benzene rings is 2. The van der Waals surface area contributed by atoms with Gasteiger partial charge in [-0.25, -0.2) is 0 Å². The fourth-order valence-corrected chi connectivity index (χ4v) is 4.07. The Balaban J connectivity index is 1.48. The monoisotopic (exact) mass is 379 g/mol. The van der Waals surface area contributed by atoms with E-state index in [1.54, 1.807) is 11.8 Å². The maximum atomic E-state index is 12.6. The molecule has 0 spiro atoms. The van der Waals surface area contributed by atoms with E-state index in [-0.39, 0.29) is 12.3 Å². The standard InChI is InChI=1S/C20H20F3NOS/c21-20(22,23)17-8-6-15(7-9-17)12-19(25)24-11-10-16(13-24)14-26-18-4-2-1-3-5-18/h1-9,16H,10-14H2. The van der Waals surface area contributed by atoms with Gasteiger partial charge >= 0.3 is 6.18 Å². The molecule has 138 valence electrons. The molecule has 1 aliphatic rings. The van der Waals surface area contributed by atoms with E-state index in [4.69, 9.17) is 0 Å². The number of likely N-dealkylation sites (tertiary alicyclic amines) is 1. The van der Waals surface area contributed by atoms with Gasteiger partial charge in [0.15, 0.2) is 0 Å². The summed E-state index contributed by atoms with van der Waals surface area (Å²) in [6.45, 7) is 1.44. The van der Waals surface area contributed by atoms with Gasteiger partial charge in [-0.15, -0.1) is 11.8 Å². The summed E-state index contributed by atoms with van der Waals surface area (Å²) in [5.41, 5.74) is -0.0713. The fraction of sp³-hybridized carbons (Fsp3) is 0.350. The quantitative estimate of drug-likeness (QED) is 0.690. The van der Waals surface area contributed by atoms with Crippen molar-refractivity contribution >= 4 is 17.7 Å². The van der Waals surface area contributed by atoms with Crippen LogP contribution >= 0.6 is 11.8 Å². The Morgan fingerprint density at radius 1 is 1.08 bits per heavy atom. The van der Waals surface area contributed by atoms with Gasteiger partial charge in [-0.3, -0.25) is 4.79 Å². The summed E-state index contributed by atoms with van der Waals surface area (Å²) in [5.74, 6) is 1.40. The number of alkyl halides is 3. The summed E-state index contributed by atoms with van der Waals surface area (Å²) in [6.07, 6.45) is -3.23. The molecule has 0 aliphatic carbocycles. The maximum absolute atomic E-state index is 12.6. The van der Waals surface area contributed by atoms with Crippen molar-refractivity contribution in [1.82, 2.24) is 4.90 Å². The van der Waals surface area contributed by atoms with Gasteiger partial charge in [0.1, 0.15) is 0 Å². The van der Waals surface area contributed by atoms with Crippen molar-refractivity contribution in [2.45, 2.75) is 23.9 Å². The Hall–Kier alpha value is -1.95. The molecule has 2 aromatic carbocycles.